The largest absolute Gasteiger partial charge is 0.497 e. The summed E-state index contributed by atoms with van der Waals surface area (Å²) in [5, 5.41) is 9.91. The lowest BCUT2D eigenvalue weighted by atomic mass is 9.99. The lowest BCUT2D eigenvalue weighted by molar-refractivity contribution is 0.0938. The van der Waals surface area contributed by atoms with Crippen LogP contribution < -0.4 is 10.1 Å². The molecule has 6 heteroatoms. The van der Waals surface area contributed by atoms with Gasteiger partial charge in [-0.3, -0.25) is 4.79 Å². The number of carbonyl (C=O) groups is 1. The van der Waals surface area contributed by atoms with Crippen LogP contribution >= 0.6 is 0 Å². The van der Waals surface area contributed by atoms with Crippen LogP contribution in [-0.2, 0) is 0 Å². The lowest BCUT2D eigenvalue weighted by Gasteiger charge is -2.17. The molecule has 2 heterocycles. The highest BCUT2D eigenvalue weighted by Gasteiger charge is 2.19. The van der Waals surface area contributed by atoms with Gasteiger partial charge >= 0.3 is 0 Å². The lowest BCUT2D eigenvalue weighted by Crippen LogP contribution is -2.28. The number of aromatic nitrogens is 3. The molecule has 33 heavy (non-hydrogen) atoms. The first-order chi connectivity index (χ1) is 16.1. The van der Waals surface area contributed by atoms with E-state index in [2.05, 4.69) is 39.7 Å². The molecule has 2 aromatic heterocycles. The number of nitrogens with zero attached hydrogens (tertiary/aromatic N) is 3. The number of aryl methyl sites for hydroxylation is 1. The summed E-state index contributed by atoms with van der Waals surface area (Å²) in [5.74, 6) is 0.613. The van der Waals surface area contributed by atoms with Gasteiger partial charge in [-0.15, -0.1) is 0 Å². The van der Waals surface area contributed by atoms with Gasteiger partial charge in [0.25, 0.3) is 5.91 Å². The second-order valence-corrected chi connectivity index (χ2v) is 8.04. The first kappa shape index (κ1) is 20.7. The van der Waals surface area contributed by atoms with Crippen LogP contribution in [0.1, 0.15) is 34.6 Å². The van der Waals surface area contributed by atoms with Gasteiger partial charge in [-0.2, -0.15) is 5.10 Å². The Morgan fingerprint density at radius 3 is 2.55 bits per heavy atom. The molecule has 1 atom stereocenters. The van der Waals surface area contributed by atoms with Crippen molar-refractivity contribution in [3.8, 4) is 16.9 Å². The van der Waals surface area contributed by atoms with Gasteiger partial charge in [-0.25, -0.2) is 9.50 Å². The monoisotopic (exact) mass is 436 g/mol. The van der Waals surface area contributed by atoms with E-state index in [-0.39, 0.29) is 11.9 Å². The summed E-state index contributed by atoms with van der Waals surface area (Å²) in [7, 11) is 1.64. The van der Waals surface area contributed by atoms with Crippen LogP contribution in [0.5, 0.6) is 5.75 Å². The fraction of sp³-hybridized carbons (Fsp3) is 0.148. The SMILES string of the molecule is COc1ccc(-c2cnn3c(C)c(C(=O)NC(C)c4cccc5ccccc45)cnc23)cc1. The Kier molecular flexibility index (Phi) is 5.26. The molecule has 6 nitrogen and oxygen atoms in total. The molecule has 1 N–H and O–H groups in total. The van der Waals surface area contributed by atoms with Gasteiger partial charge in [0, 0.05) is 11.8 Å². The summed E-state index contributed by atoms with van der Waals surface area (Å²) < 4.78 is 6.96. The number of ether oxygens (including phenoxy) is 1. The van der Waals surface area contributed by atoms with Crippen molar-refractivity contribution in [2.24, 2.45) is 0 Å². The summed E-state index contributed by atoms with van der Waals surface area (Å²) in [6.45, 7) is 3.88. The van der Waals surface area contributed by atoms with E-state index < -0.39 is 0 Å². The number of nitrogens with one attached hydrogen (secondary N) is 1. The molecule has 3 aromatic carbocycles. The molecule has 0 radical (unpaired) electrons. The third-order valence-electron chi connectivity index (χ3n) is 6.05. The number of methoxy groups -OCH3 is 1. The summed E-state index contributed by atoms with van der Waals surface area (Å²) >= 11 is 0. The third kappa shape index (κ3) is 3.69. The molecule has 164 valence electrons. The molecular formula is C27H24N4O2. The van der Waals surface area contributed by atoms with Crippen LogP contribution in [0.25, 0.3) is 27.5 Å². The van der Waals surface area contributed by atoms with Crippen LogP contribution in [0.2, 0.25) is 0 Å². The van der Waals surface area contributed by atoms with Gasteiger partial charge in [0.1, 0.15) is 5.75 Å². The average molecular weight is 437 g/mol. The van der Waals surface area contributed by atoms with Crippen molar-refractivity contribution in [3.63, 3.8) is 0 Å². The maximum Gasteiger partial charge on any atom is 0.255 e. The Balaban J connectivity index is 1.44. The predicted molar refractivity (Wildman–Crippen MR) is 130 cm³/mol. The molecule has 1 amide bonds. The standard InChI is InChI=1S/C27H24N4O2/c1-17(22-10-6-8-19-7-4-5-9-23(19)22)30-27(32)24-15-28-26-25(16-29-31(26)18(24)2)20-11-13-21(33-3)14-12-20/h4-17H,1-3H3,(H,30,32). The molecule has 5 aromatic rings. The molecule has 0 aliphatic carbocycles. The Morgan fingerprint density at radius 2 is 1.76 bits per heavy atom. The van der Waals surface area contributed by atoms with Crippen molar-refractivity contribution in [1.29, 1.82) is 0 Å². The van der Waals surface area contributed by atoms with Crippen molar-refractivity contribution in [2.45, 2.75) is 19.9 Å². The van der Waals surface area contributed by atoms with Gasteiger partial charge in [0.05, 0.1) is 30.6 Å². The van der Waals surface area contributed by atoms with Crippen molar-refractivity contribution in [1.82, 2.24) is 19.9 Å². The van der Waals surface area contributed by atoms with Gasteiger partial charge < -0.3 is 10.1 Å². The molecule has 0 aliphatic rings. The quantitative estimate of drug-likeness (QED) is 0.403. The number of carbonyl (C=O) groups excluding carboxylic acids is 1. The molecule has 0 aliphatic heterocycles. The Bertz CT molecular complexity index is 1470. The van der Waals surface area contributed by atoms with E-state index >= 15 is 0 Å². The molecule has 0 saturated heterocycles. The Morgan fingerprint density at radius 1 is 1.00 bits per heavy atom. The summed E-state index contributed by atoms with van der Waals surface area (Å²) in [6, 6.07) is 21.9. The molecule has 0 bridgehead atoms. The molecule has 0 fully saturated rings. The fourth-order valence-corrected chi connectivity index (χ4v) is 4.22. The van der Waals surface area contributed by atoms with E-state index in [4.69, 9.17) is 4.74 Å². The second-order valence-electron chi connectivity index (χ2n) is 8.04. The zero-order chi connectivity index (χ0) is 22.9. The average Bonchev–Trinajstić information content (AvgIpc) is 3.29. The normalized spacial score (nSPS) is 12.1. The summed E-state index contributed by atoms with van der Waals surface area (Å²) in [5.41, 5.74) is 4.91. The van der Waals surface area contributed by atoms with Gasteiger partial charge in [-0.05, 0) is 47.9 Å². The predicted octanol–water partition coefficient (Wildman–Crippen LogP) is 5.36. The zero-order valence-corrected chi connectivity index (χ0v) is 18.7. The van der Waals surface area contributed by atoms with Crippen LogP contribution in [0.4, 0.5) is 0 Å². The zero-order valence-electron chi connectivity index (χ0n) is 18.7. The number of hydrogen-bond acceptors (Lipinski definition) is 4. The number of rotatable bonds is 5. The van der Waals surface area contributed by atoms with Crippen molar-refractivity contribution in [2.75, 3.05) is 7.11 Å². The first-order valence-corrected chi connectivity index (χ1v) is 10.8. The van der Waals surface area contributed by atoms with E-state index in [1.807, 2.05) is 56.3 Å². The van der Waals surface area contributed by atoms with Crippen LogP contribution in [0.15, 0.2) is 79.1 Å². The first-order valence-electron chi connectivity index (χ1n) is 10.8. The second kappa shape index (κ2) is 8.39. The Labute approximate surface area is 191 Å². The summed E-state index contributed by atoms with van der Waals surface area (Å²) in [6.07, 6.45) is 3.40. The minimum atomic E-state index is -0.177. The van der Waals surface area contributed by atoms with E-state index in [1.165, 1.54) is 0 Å². The molecular weight excluding hydrogens is 412 g/mol. The molecule has 0 saturated carbocycles. The maximum atomic E-state index is 13.2. The number of amides is 1. The minimum Gasteiger partial charge on any atom is -0.497 e. The number of fused-ring (bicyclic) bond motifs is 2. The van der Waals surface area contributed by atoms with E-state index in [0.717, 1.165) is 38.9 Å². The fourth-order valence-electron chi connectivity index (χ4n) is 4.22. The molecule has 1 unspecified atom stereocenters. The van der Waals surface area contributed by atoms with Crippen LogP contribution in [-0.4, -0.2) is 27.6 Å². The van der Waals surface area contributed by atoms with E-state index in [0.29, 0.717) is 11.2 Å². The molecule has 0 spiro atoms. The van der Waals surface area contributed by atoms with Gasteiger partial charge in [-0.1, -0.05) is 54.6 Å². The van der Waals surface area contributed by atoms with Crippen molar-refractivity contribution in [3.05, 3.63) is 95.9 Å². The van der Waals surface area contributed by atoms with Gasteiger partial charge in [0.2, 0.25) is 0 Å². The van der Waals surface area contributed by atoms with Crippen molar-refractivity contribution >= 4 is 22.3 Å². The van der Waals surface area contributed by atoms with E-state index in [1.54, 1.807) is 24.0 Å². The number of hydrogen-bond donors (Lipinski definition) is 1. The van der Waals surface area contributed by atoms with Crippen molar-refractivity contribution < 1.29 is 9.53 Å². The highest BCUT2D eigenvalue weighted by Crippen LogP contribution is 2.27. The Hall–Kier alpha value is -4.19. The van der Waals surface area contributed by atoms with Crippen LogP contribution in [0.3, 0.4) is 0 Å². The van der Waals surface area contributed by atoms with Gasteiger partial charge in [0.15, 0.2) is 5.65 Å². The summed E-state index contributed by atoms with van der Waals surface area (Å²) in [4.78, 5) is 17.8. The van der Waals surface area contributed by atoms with E-state index in [9.17, 15) is 4.79 Å². The highest BCUT2D eigenvalue weighted by atomic mass is 16.5. The highest BCUT2D eigenvalue weighted by molar-refractivity contribution is 5.96. The maximum absolute atomic E-state index is 13.2. The van der Waals surface area contributed by atoms with Crippen LogP contribution in [0, 0.1) is 6.92 Å². The smallest absolute Gasteiger partial charge is 0.255 e. The topological polar surface area (TPSA) is 68.5 Å². The number of benzene rings is 3. The third-order valence-corrected chi connectivity index (χ3v) is 6.05. The minimum absolute atomic E-state index is 0.161. The molecule has 5 rings (SSSR count).